The largest absolute Gasteiger partial charge is 0.424 e. The molecule has 0 aliphatic carbocycles. The summed E-state index contributed by atoms with van der Waals surface area (Å²) in [4.78, 5) is 11.4. The highest BCUT2D eigenvalue weighted by Crippen LogP contribution is 2.35. The average molecular weight is 310 g/mol. The van der Waals surface area contributed by atoms with Gasteiger partial charge < -0.3 is 10.1 Å². The van der Waals surface area contributed by atoms with Gasteiger partial charge in [0.05, 0.1) is 21.4 Å². The first-order chi connectivity index (χ1) is 9.61. The van der Waals surface area contributed by atoms with Gasteiger partial charge in [-0.15, -0.1) is 0 Å². The Morgan fingerprint density at radius 2 is 1.75 bits per heavy atom. The van der Waals surface area contributed by atoms with Crippen LogP contribution in [0, 0.1) is 0 Å². The highest BCUT2D eigenvalue weighted by molar-refractivity contribution is 6.39. The topological polar surface area (TPSA) is 38.3 Å². The number of nitrogens with one attached hydrogen (secondary N) is 1. The molecule has 0 bridgehead atoms. The molecule has 104 valence electrons. The third kappa shape index (κ3) is 3.44. The van der Waals surface area contributed by atoms with Crippen molar-refractivity contribution in [1.82, 2.24) is 0 Å². The van der Waals surface area contributed by atoms with Crippen LogP contribution < -0.4 is 10.1 Å². The summed E-state index contributed by atoms with van der Waals surface area (Å²) in [5.74, 6) is 0.139. The molecule has 5 heteroatoms. The summed E-state index contributed by atoms with van der Waals surface area (Å²) in [7, 11) is 0. The van der Waals surface area contributed by atoms with Gasteiger partial charge in [0.1, 0.15) is 0 Å². The molecule has 2 rings (SSSR count). The Hall–Kier alpha value is -1.71. The van der Waals surface area contributed by atoms with Crippen LogP contribution in [0.15, 0.2) is 42.5 Å². The molecule has 0 unspecified atom stereocenters. The number of ether oxygens (including phenoxy) is 1. The van der Waals surface area contributed by atoms with Crippen molar-refractivity contribution in [2.45, 2.75) is 13.3 Å². The fourth-order valence-corrected chi connectivity index (χ4v) is 2.10. The van der Waals surface area contributed by atoms with Crippen LogP contribution in [0.3, 0.4) is 0 Å². The Kier molecular flexibility index (Phi) is 4.88. The first-order valence-electron chi connectivity index (χ1n) is 6.12. The molecule has 0 spiro atoms. The quantitative estimate of drug-likeness (QED) is 0.634. The molecule has 2 aromatic carbocycles. The zero-order valence-electron chi connectivity index (χ0n) is 10.8. The van der Waals surface area contributed by atoms with Gasteiger partial charge in [-0.1, -0.05) is 48.3 Å². The number of carbonyl (C=O) groups is 1. The van der Waals surface area contributed by atoms with E-state index in [0.717, 1.165) is 0 Å². The maximum absolute atomic E-state index is 11.4. The van der Waals surface area contributed by atoms with Crippen LogP contribution in [0.1, 0.15) is 13.3 Å². The van der Waals surface area contributed by atoms with Gasteiger partial charge in [0.15, 0.2) is 5.75 Å². The van der Waals surface area contributed by atoms with Crippen molar-refractivity contribution in [3.05, 3.63) is 52.5 Å². The molecule has 1 N–H and O–H groups in total. The Bertz CT molecular complexity index is 609. The number of hydrogen-bond acceptors (Lipinski definition) is 3. The van der Waals surface area contributed by atoms with Gasteiger partial charge in [-0.3, -0.25) is 4.79 Å². The normalized spacial score (nSPS) is 10.2. The minimum absolute atomic E-state index is 0.301. The van der Waals surface area contributed by atoms with Crippen molar-refractivity contribution >= 4 is 40.5 Å². The van der Waals surface area contributed by atoms with Crippen LogP contribution in [0.5, 0.6) is 5.75 Å². The molecule has 0 saturated carbocycles. The third-order valence-electron chi connectivity index (χ3n) is 2.62. The number of carbonyl (C=O) groups excluding carboxylic acids is 1. The maximum Gasteiger partial charge on any atom is 0.310 e. The van der Waals surface area contributed by atoms with E-state index in [1.807, 2.05) is 6.07 Å². The lowest BCUT2D eigenvalue weighted by molar-refractivity contribution is -0.133. The van der Waals surface area contributed by atoms with Gasteiger partial charge in [0, 0.05) is 6.42 Å². The average Bonchev–Trinajstić information content (AvgIpc) is 2.44. The Balaban J connectivity index is 2.32. The summed E-state index contributed by atoms with van der Waals surface area (Å²) in [6, 6.07) is 12.3. The zero-order chi connectivity index (χ0) is 14.5. The summed E-state index contributed by atoms with van der Waals surface area (Å²) >= 11 is 12.2. The van der Waals surface area contributed by atoms with E-state index in [9.17, 15) is 4.79 Å². The first-order valence-corrected chi connectivity index (χ1v) is 6.88. The summed E-state index contributed by atoms with van der Waals surface area (Å²) in [5, 5.41) is 4.09. The summed E-state index contributed by atoms with van der Waals surface area (Å²) in [6.45, 7) is 1.74. The highest BCUT2D eigenvalue weighted by atomic mass is 35.5. The minimum atomic E-state index is -0.301. The van der Waals surface area contributed by atoms with Gasteiger partial charge in [-0.2, -0.15) is 0 Å². The van der Waals surface area contributed by atoms with Crippen LogP contribution in [0.2, 0.25) is 10.0 Å². The lowest BCUT2D eigenvalue weighted by Crippen LogP contribution is -2.07. The predicted octanol–water partition coefficient (Wildman–Crippen LogP) is 5.05. The van der Waals surface area contributed by atoms with E-state index in [2.05, 4.69) is 5.32 Å². The number of halogens is 2. The van der Waals surface area contributed by atoms with Crippen LogP contribution in [0.4, 0.5) is 11.4 Å². The van der Waals surface area contributed by atoms with Crippen LogP contribution in [0.25, 0.3) is 0 Å². The molecule has 0 aliphatic rings. The van der Waals surface area contributed by atoms with Crippen molar-refractivity contribution in [3.63, 3.8) is 0 Å². The van der Waals surface area contributed by atoms with E-state index < -0.39 is 0 Å². The number of rotatable bonds is 4. The smallest absolute Gasteiger partial charge is 0.310 e. The van der Waals surface area contributed by atoms with E-state index in [1.54, 1.807) is 43.3 Å². The molecule has 0 saturated heterocycles. The summed E-state index contributed by atoms with van der Waals surface area (Å²) in [6.07, 6.45) is 0.307. The molecule has 0 aliphatic heterocycles. The Labute approximate surface area is 127 Å². The number of esters is 1. The van der Waals surface area contributed by atoms with Crippen molar-refractivity contribution < 1.29 is 9.53 Å². The molecule has 0 atom stereocenters. The number of hydrogen-bond donors (Lipinski definition) is 1. The second-order valence-corrected chi connectivity index (χ2v) is 4.86. The van der Waals surface area contributed by atoms with E-state index in [-0.39, 0.29) is 5.97 Å². The van der Waals surface area contributed by atoms with Gasteiger partial charge in [-0.25, -0.2) is 0 Å². The Morgan fingerprint density at radius 3 is 2.40 bits per heavy atom. The number of benzene rings is 2. The molecule has 0 radical (unpaired) electrons. The molecule has 0 amide bonds. The van der Waals surface area contributed by atoms with Gasteiger partial charge in [0.25, 0.3) is 0 Å². The van der Waals surface area contributed by atoms with E-state index in [1.165, 1.54) is 0 Å². The highest BCUT2D eigenvalue weighted by Gasteiger charge is 2.11. The first kappa shape index (κ1) is 14.7. The third-order valence-corrected chi connectivity index (χ3v) is 3.25. The molecular weight excluding hydrogens is 297 g/mol. The second-order valence-electron chi connectivity index (χ2n) is 4.05. The molecular formula is C15H13Cl2NO2. The summed E-state index contributed by atoms with van der Waals surface area (Å²) < 4.78 is 5.26. The van der Waals surface area contributed by atoms with Gasteiger partial charge >= 0.3 is 5.97 Å². The van der Waals surface area contributed by atoms with Crippen molar-refractivity contribution in [2.75, 3.05) is 5.32 Å². The summed E-state index contributed by atoms with van der Waals surface area (Å²) in [5.41, 5.74) is 1.21. The van der Waals surface area contributed by atoms with Crippen molar-refractivity contribution in [1.29, 1.82) is 0 Å². The van der Waals surface area contributed by atoms with Crippen molar-refractivity contribution in [3.8, 4) is 5.75 Å². The lowest BCUT2D eigenvalue weighted by Gasteiger charge is -2.13. The van der Waals surface area contributed by atoms with E-state index in [0.29, 0.717) is 33.6 Å². The lowest BCUT2D eigenvalue weighted by atomic mass is 10.2. The maximum atomic E-state index is 11.4. The zero-order valence-corrected chi connectivity index (χ0v) is 12.3. The van der Waals surface area contributed by atoms with Crippen LogP contribution >= 0.6 is 23.2 Å². The Morgan fingerprint density at radius 1 is 1.10 bits per heavy atom. The molecule has 0 aromatic heterocycles. The molecule has 20 heavy (non-hydrogen) atoms. The monoisotopic (exact) mass is 309 g/mol. The molecule has 2 aromatic rings. The minimum Gasteiger partial charge on any atom is -0.424 e. The van der Waals surface area contributed by atoms with Gasteiger partial charge in [0.2, 0.25) is 0 Å². The molecule has 3 nitrogen and oxygen atoms in total. The number of anilines is 2. The molecule has 0 fully saturated rings. The molecule has 0 heterocycles. The second kappa shape index (κ2) is 6.64. The number of para-hydroxylation sites is 3. The SMILES string of the molecule is CCC(=O)Oc1ccccc1Nc1c(Cl)cccc1Cl. The van der Waals surface area contributed by atoms with E-state index in [4.69, 9.17) is 27.9 Å². The van der Waals surface area contributed by atoms with Crippen LogP contribution in [-0.4, -0.2) is 5.97 Å². The van der Waals surface area contributed by atoms with Crippen LogP contribution in [-0.2, 0) is 4.79 Å². The fraction of sp³-hybridized carbons (Fsp3) is 0.133. The van der Waals surface area contributed by atoms with Crippen molar-refractivity contribution in [2.24, 2.45) is 0 Å². The standard InChI is InChI=1S/C15H13Cl2NO2/c1-2-14(19)20-13-9-4-3-8-12(13)18-15-10(16)6-5-7-11(15)17/h3-9,18H,2H2,1H3. The van der Waals surface area contributed by atoms with Gasteiger partial charge in [-0.05, 0) is 24.3 Å². The van der Waals surface area contributed by atoms with E-state index >= 15 is 0 Å². The predicted molar refractivity (Wildman–Crippen MR) is 82.1 cm³/mol. The fourth-order valence-electron chi connectivity index (χ4n) is 1.61.